The molecule has 130 valence electrons. The van der Waals surface area contributed by atoms with Gasteiger partial charge in [0.2, 0.25) is 10.0 Å². The second-order valence-corrected chi connectivity index (χ2v) is 8.94. The zero-order valence-electron chi connectivity index (χ0n) is 14.7. The lowest BCUT2D eigenvalue weighted by atomic mass is 10.0. The minimum absolute atomic E-state index is 0.223. The van der Waals surface area contributed by atoms with Gasteiger partial charge in [0, 0.05) is 39.9 Å². The van der Waals surface area contributed by atoms with Gasteiger partial charge in [0.25, 0.3) is 0 Å². The first-order chi connectivity index (χ1) is 10.8. The molecule has 1 aromatic rings. The van der Waals surface area contributed by atoms with E-state index in [9.17, 15) is 8.42 Å². The van der Waals surface area contributed by atoms with Crippen molar-refractivity contribution in [2.75, 3.05) is 51.9 Å². The lowest BCUT2D eigenvalue weighted by molar-refractivity contribution is 0.258. The van der Waals surface area contributed by atoms with Gasteiger partial charge in [0.15, 0.2) is 0 Å². The van der Waals surface area contributed by atoms with Gasteiger partial charge in [0.1, 0.15) is 0 Å². The largest absolute Gasteiger partial charge is 0.378 e. The maximum absolute atomic E-state index is 11.9. The zero-order valence-corrected chi connectivity index (χ0v) is 15.5. The van der Waals surface area contributed by atoms with Crippen LogP contribution < -0.4 is 4.90 Å². The van der Waals surface area contributed by atoms with Crippen LogP contribution in [-0.2, 0) is 10.0 Å². The molecule has 0 saturated carbocycles. The molecule has 1 unspecified atom stereocenters. The monoisotopic (exact) mass is 339 g/mol. The van der Waals surface area contributed by atoms with Gasteiger partial charge in [-0.3, -0.25) is 4.90 Å². The van der Waals surface area contributed by atoms with Gasteiger partial charge in [-0.2, -0.15) is 0 Å². The predicted molar refractivity (Wildman–Crippen MR) is 96.4 cm³/mol. The van der Waals surface area contributed by atoms with Crippen LogP contribution in [0.2, 0.25) is 0 Å². The van der Waals surface area contributed by atoms with E-state index in [0.29, 0.717) is 12.5 Å². The quantitative estimate of drug-likeness (QED) is 0.764. The molecular formula is C17H29N3O2S. The number of anilines is 1. The van der Waals surface area contributed by atoms with Crippen molar-refractivity contribution in [3.05, 3.63) is 29.8 Å². The molecule has 1 aliphatic rings. The van der Waals surface area contributed by atoms with E-state index in [0.717, 1.165) is 19.5 Å². The molecular weight excluding hydrogens is 310 g/mol. The lowest BCUT2D eigenvalue weighted by Crippen LogP contribution is -2.29. The Morgan fingerprint density at radius 1 is 1.22 bits per heavy atom. The van der Waals surface area contributed by atoms with Gasteiger partial charge < -0.3 is 4.90 Å². The Morgan fingerprint density at radius 3 is 2.61 bits per heavy atom. The molecule has 1 atom stereocenters. The fourth-order valence-electron chi connectivity index (χ4n) is 3.11. The summed E-state index contributed by atoms with van der Waals surface area (Å²) in [5.41, 5.74) is 2.55. The third kappa shape index (κ3) is 4.68. The number of likely N-dealkylation sites (tertiary alicyclic amines) is 1. The van der Waals surface area contributed by atoms with Gasteiger partial charge >= 0.3 is 0 Å². The van der Waals surface area contributed by atoms with Crippen LogP contribution in [0.3, 0.4) is 0 Å². The fourth-order valence-corrected chi connectivity index (χ4v) is 3.97. The summed E-state index contributed by atoms with van der Waals surface area (Å²) in [4.78, 5) is 4.55. The van der Waals surface area contributed by atoms with Crippen LogP contribution in [0.4, 0.5) is 5.69 Å². The number of hydrogen-bond donors (Lipinski definition) is 0. The maximum Gasteiger partial charge on any atom is 0.213 e. The highest BCUT2D eigenvalue weighted by atomic mass is 32.2. The van der Waals surface area contributed by atoms with Crippen molar-refractivity contribution in [1.29, 1.82) is 0 Å². The Balaban J connectivity index is 1.99. The van der Waals surface area contributed by atoms with Gasteiger partial charge in [-0.1, -0.05) is 12.1 Å². The molecule has 23 heavy (non-hydrogen) atoms. The predicted octanol–water partition coefficient (Wildman–Crippen LogP) is 2.17. The maximum atomic E-state index is 11.9. The molecule has 0 bridgehead atoms. The highest BCUT2D eigenvalue weighted by molar-refractivity contribution is 7.89. The molecule has 0 aliphatic carbocycles. The van der Waals surface area contributed by atoms with Crippen LogP contribution in [0, 0.1) is 0 Å². The first-order valence-corrected chi connectivity index (χ1v) is 9.84. The van der Waals surface area contributed by atoms with Gasteiger partial charge in [-0.25, -0.2) is 12.7 Å². The Labute approximate surface area is 140 Å². The Morgan fingerprint density at radius 2 is 1.96 bits per heavy atom. The van der Waals surface area contributed by atoms with E-state index in [1.165, 1.54) is 22.0 Å². The second-order valence-electron chi connectivity index (χ2n) is 6.64. The molecule has 0 N–H and O–H groups in total. The average Bonchev–Trinajstić information content (AvgIpc) is 2.95. The third-order valence-corrected chi connectivity index (χ3v) is 6.46. The molecule has 5 nitrogen and oxygen atoms in total. The fraction of sp³-hybridized carbons (Fsp3) is 0.647. The minimum atomic E-state index is -3.09. The number of nitrogens with zero attached hydrogens (tertiary/aromatic N) is 3. The molecule has 1 heterocycles. The number of sulfonamides is 1. The number of benzene rings is 1. The highest BCUT2D eigenvalue weighted by Crippen LogP contribution is 2.33. The molecule has 1 aromatic carbocycles. The van der Waals surface area contributed by atoms with Crippen LogP contribution in [-0.4, -0.2) is 64.7 Å². The summed E-state index contributed by atoms with van der Waals surface area (Å²) in [6.07, 6.45) is 3.01. The molecule has 6 heteroatoms. The van der Waals surface area contributed by atoms with Crippen molar-refractivity contribution in [2.45, 2.75) is 25.3 Å². The number of rotatable bonds is 7. The van der Waals surface area contributed by atoms with Crippen molar-refractivity contribution in [3.8, 4) is 0 Å². The lowest BCUT2D eigenvalue weighted by Gasteiger charge is -2.26. The topological polar surface area (TPSA) is 43.9 Å². The van der Waals surface area contributed by atoms with E-state index < -0.39 is 10.0 Å². The first-order valence-electron chi connectivity index (χ1n) is 8.23. The Bertz CT molecular complexity index is 614. The summed E-state index contributed by atoms with van der Waals surface area (Å²) >= 11 is 0. The summed E-state index contributed by atoms with van der Waals surface area (Å²) in [6.45, 7) is 1.89. The second kappa shape index (κ2) is 7.64. The van der Waals surface area contributed by atoms with E-state index >= 15 is 0 Å². The molecule has 0 radical (unpaired) electrons. The molecule has 1 saturated heterocycles. The Kier molecular flexibility index (Phi) is 6.06. The van der Waals surface area contributed by atoms with Crippen molar-refractivity contribution in [1.82, 2.24) is 9.21 Å². The van der Waals surface area contributed by atoms with Crippen LogP contribution >= 0.6 is 0 Å². The van der Waals surface area contributed by atoms with E-state index in [1.54, 1.807) is 14.1 Å². The van der Waals surface area contributed by atoms with Gasteiger partial charge in [0.05, 0.1) is 5.75 Å². The van der Waals surface area contributed by atoms with Gasteiger partial charge in [-0.05, 0) is 50.0 Å². The van der Waals surface area contributed by atoms with Crippen molar-refractivity contribution in [3.63, 3.8) is 0 Å². The molecule has 1 aliphatic heterocycles. The van der Waals surface area contributed by atoms with E-state index in [-0.39, 0.29) is 5.75 Å². The number of hydrogen-bond acceptors (Lipinski definition) is 4. The molecule has 0 spiro atoms. The summed E-state index contributed by atoms with van der Waals surface area (Å²) in [6, 6.07) is 9.08. The summed E-state index contributed by atoms with van der Waals surface area (Å²) in [7, 11) is 4.21. The standard InChI is InChI=1S/C17H29N3O2S/c1-18(2)16-9-5-8-15(14-16)17-10-6-11-20(17)12-7-13-23(21,22)19(3)4/h5,8-9,14,17H,6-7,10-13H2,1-4H3. The average molecular weight is 340 g/mol. The van der Waals surface area contributed by atoms with Crippen LogP contribution in [0.1, 0.15) is 30.9 Å². The molecule has 0 aromatic heterocycles. The molecule has 1 fully saturated rings. The minimum Gasteiger partial charge on any atom is -0.378 e. The summed E-state index contributed by atoms with van der Waals surface area (Å²) in [5, 5.41) is 0. The summed E-state index contributed by atoms with van der Waals surface area (Å²) < 4.78 is 25.1. The SMILES string of the molecule is CN(C)c1cccc(C2CCCN2CCCS(=O)(=O)N(C)C)c1. The molecule has 0 amide bonds. The highest BCUT2D eigenvalue weighted by Gasteiger charge is 2.26. The first kappa shape index (κ1) is 18.2. The van der Waals surface area contributed by atoms with Crippen LogP contribution in [0.5, 0.6) is 0 Å². The van der Waals surface area contributed by atoms with Crippen molar-refractivity contribution >= 4 is 15.7 Å². The third-order valence-electron chi connectivity index (χ3n) is 4.54. The smallest absolute Gasteiger partial charge is 0.213 e. The van der Waals surface area contributed by atoms with E-state index in [1.807, 2.05) is 0 Å². The van der Waals surface area contributed by atoms with Gasteiger partial charge in [-0.15, -0.1) is 0 Å². The zero-order chi connectivity index (χ0) is 17.0. The van der Waals surface area contributed by atoms with E-state index in [4.69, 9.17) is 0 Å². The van der Waals surface area contributed by atoms with Crippen molar-refractivity contribution in [2.24, 2.45) is 0 Å². The van der Waals surface area contributed by atoms with E-state index in [2.05, 4.69) is 48.2 Å². The summed E-state index contributed by atoms with van der Waals surface area (Å²) in [5.74, 6) is 0.223. The molecule has 2 rings (SSSR count). The van der Waals surface area contributed by atoms with Crippen LogP contribution in [0.15, 0.2) is 24.3 Å². The normalized spacial score (nSPS) is 19.4. The van der Waals surface area contributed by atoms with Crippen LogP contribution in [0.25, 0.3) is 0 Å². The Hall–Kier alpha value is -1.11. The van der Waals surface area contributed by atoms with Crippen molar-refractivity contribution < 1.29 is 8.42 Å².